The maximum absolute atomic E-state index is 5.78. The largest absolute Gasteiger partial charge is 0.384 e. The summed E-state index contributed by atoms with van der Waals surface area (Å²) in [6, 6.07) is 6.27. The van der Waals surface area contributed by atoms with Gasteiger partial charge in [-0.1, -0.05) is 19.9 Å². The molecule has 2 rings (SSSR count). The van der Waals surface area contributed by atoms with Gasteiger partial charge in [-0.2, -0.15) is 0 Å². The van der Waals surface area contributed by atoms with E-state index in [4.69, 9.17) is 5.73 Å². The third-order valence-corrected chi connectivity index (χ3v) is 3.71. The predicted molar refractivity (Wildman–Crippen MR) is 76.8 cm³/mol. The number of nitrogens with zero attached hydrogens (tertiary/aromatic N) is 2. The maximum atomic E-state index is 5.78. The zero-order valence-corrected chi connectivity index (χ0v) is 11.5. The predicted octanol–water partition coefficient (Wildman–Crippen LogP) is 3.25. The summed E-state index contributed by atoms with van der Waals surface area (Å²) < 4.78 is 0. The maximum Gasteiger partial charge on any atom is 0.132 e. The molecule has 5 heteroatoms. The summed E-state index contributed by atoms with van der Waals surface area (Å²) in [4.78, 5) is 9.94. The van der Waals surface area contributed by atoms with E-state index in [1.54, 1.807) is 17.4 Å². The Morgan fingerprint density at radius 1 is 1.39 bits per heavy atom. The lowest BCUT2D eigenvalue weighted by Gasteiger charge is -2.16. The average molecular weight is 262 g/mol. The Labute approximate surface area is 111 Å². The molecule has 0 aromatic carbocycles. The van der Waals surface area contributed by atoms with E-state index >= 15 is 0 Å². The lowest BCUT2D eigenvalue weighted by molar-refractivity contribution is 0.755. The number of rotatable bonds is 5. The Balaban J connectivity index is 2.19. The standard InChI is InChI=1S/C13H18N4S/c1-3-9(10-6-5-7-18-10)15-13-8-11(14)16-12(4-2)17-13/h5-9H,3-4H2,1-2H3,(H3,14,15,16,17). The van der Waals surface area contributed by atoms with Gasteiger partial charge in [-0.25, -0.2) is 9.97 Å². The molecule has 0 fully saturated rings. The molecule has 2 heterocycles. The molecule has 1 atom stereocenters. The minimum atomic E-state index is 0.281. The van der Waals surface area contributed by atoms with Crippen LogP contribution in [0.15, 0.2) is 23.6 Å². The smallest absolute Gasteiger partial charge is 0.132 e. The van der Waals surface area contributed by atoms with Crippen molar-refractivity contribution in [2.24, 2.45) is 0 Å². The molecular weight excluding hydrogens is 244 g/mol. The minimum absolute atomic E-state index is 0.281. The molecule has 2 aromatic rings. The SMILES string of the molecule is CCc1nc(N)cc(NC(CC)c2cccs2)n1. The molecular formula is C13H18N4S. The second-order valence-corrected chi connectivity index (χ2v) is 5.05. The van der Waals surface area contributed by atoms with Gasteiger partial charge in [-0.3, -0.25) is 0 Å². The van der Waals surface area contributed by atoms with Crippen LogP contribution in [0.25, 0.3) is 0 Å². The molecule has 0 amide bonds. The van der Waals surface area contributed by atoms with Crippen LogP contribution < -0.4 is 11.1 Å². The summed E-state index contributed by atoms with van der Waals surface area (Å²) in [5.41, 5.74) is 5.78. The van der Waals surface area contributed by atoms with Crippen molar-refractivity contribution in [3.63, 3.8) is 0 Å². The van der Waals surface area contributed by atoms with Crippen molar-refractivity contribution in [2.45, 2.75) is 32.7 Å². The van der Waals surface area contributed by atoms with Crippen LogP contribution in [0.5, 0.6) is 0 Å². The van der Waals surface area contributed by atoms with Crippen LogP contribution in [-0.2, 0) is 6.42 Å². The van der Waals surface area contributed by atoms with Crippen molar-refractivity contribution >= 4 is 23.0 Å². The molecule has 2 aromatic heterocycles. The van der Waals surface area contributed by atoms with E-state index in [2.05, 4.69) is 39.7 Å². The van der Waals surface area contributed by atoms with E-state index in [0.29, 0.717) is 5.82 Å². The number of anilines is 2. The first-order valence-corrected chi connectivity index (χ1v) is 7.04. The number of aromatic nitrogens is 2. The van der Waals surface area contributed by atoms with Crippen LogP contribution in [0.4, 0.5) is 11.6 Å². The van der Waals surface area contributed by atoms with Crippen LogP contribution in [0.3, 0.4) is 0 Å². The Morgan fingerprint density at radius 2 is 2.22 bits per heavy atom. The van der Waals surface area contributed by atoms with Gasteiger partial charge in [0.2, 0.25) is 0 Å². The average Bonchev–Trinajstić information content (AvgIpc) is 2.89. The molecule has 96 valence electrons. The van der Waals surface area contributed by atoms with Gasteiger partial charge in [0.25, 0.3) is 0 Å². The Hall–Kier alpha value is -1.62. The van der Waals surface area contributed by atoms with Crippen molar-refractivity contribution in [2.75, 3.05) is 11.1 Å². The minimum Gasteiger partial charge on any atom is -0.384 e. The Bertz CT molecular complexity index is 496. The second kappa shape index (κ2) is 5.82. The number of hydrogen-bond donors (Lipinski definition) is 2. The van der Waals surface area contributed by atoms with Crippen LogP contribution in [-0.4, -0.2) is 9.97 Å². The van der Waals surface area contributed by atoms with Gasteiger partial charge < -0.3 is 11.1 Å². The van der Waals surface area contributed by atoms with Gasteiger partial charge in [0.15, 0.2) is 0 Å². The van der Waals surface area contributed by atoms with Crippen LogP contribution >= 0.6 is 11.3 Å². The van der Waals surface area contributed by atoms with E-state index in [-0.39, 0.29) is 6.04 Å². The summed E-state index contributed by atoms with van der Waals surface area (Å²) in [5.74, 6) is 2.10. The monoisotopic (exact) mass is 262 g/mol. The summed E-state index contributed by atoms with van der Waals surface area (Å²) in [6.45, 7) is 4.18. The first-order chi connectivity index (χ1) is 8.72. The van der Waals surface area contributed by atoms with Gasteiger partial charge in [-0.15, -0.1) is 11.3 Å². The molecule has 0 aliphatic carbocycles. The van der Waals surface area contributed by atoms with Crippen LogP contribution in [0.1, 0.15) is 37.0 Å². The van der Waals surface area contributed by atoms with E-state index in [1.165, 1.54) is 4.88 Å². The van der Waals surface area contributed by atoms with Crippen LogP contribution in [0.2, 0.25) is 0 Å². The fraction of sp³-hybridized carbons (Fsp3) is 0.385. The van der Waals surface area contributed by atoms with Crippen molar-refractivity contribution in [1.82, 2.24) is 9.97 Å². The topological polar surface area (TPSA) is 63.8 Å². The first kappa shape index (κ1) is 12.8. The van der Waals surface area contributed by atoms with Gasteiger partial charge in [0.05, 0.1) is 6.04 Å². The van der Waals surface area contributed by atoms with Gasteiger partial charge in [-0.05, 0) is 17.9 Å². The van der Waals surface area contributed by atoms with Gasteiger partial charge in [0.1, 0.15) is 17.5 Å². The number of aryl methyl sites for hydroxylation is 1. The molecule has 0 radical (unpaired) electrons. The molecule has 0 saturated carbocycles. The van der Waals surface area contributed by atoms with E-state index in [0.717, 1.165) is 24.5 Å². The van der Waals surface area contributed by atoms with Crippen molar-refractivity contribution < 1.29 is 0 Å². The quantitative estimate of drug-likeness (QED) is 0.868. The van der Waals surface area contributed by atoms with Crippen molar-refractivity contribution in [1.29, 1.82) is 0 Å². The van der Waals surface area contributed by atoms with Crippen molar-refractivity contribution in [3.05, 3.63) is 34.3 Å². The molecule has 1 unspecified atom stereocenters. The normalized spacial score (nSPS) is 12.3. The van der Waals surface area contributed by atoms with Crippen molar-refractivity contribution in [3.8, 4) is 0 Å². The number of nitrogens with one attached hydrogen (secondary N) is 1. The molecule has 0 bridgehead atoms. The fourth-order valence-corrected chi connectivity index (χ4v) is 2.65. The summed E-state index contributed by atoms with van der Waals surface area (Å²) in [7, 11) is 0. The lowest BCUT2D eigenvalue weighted by atomic mass is 10.2. The molecule has 0 spiro atoms. The zero-order valence-electron chi connectivity index (χ0n) is 10.7. The molecule has 18 heavy (non-hydrogen) atoms. The summed E-state index contributed by atoms with van der Waals surface area (Å²) >= 11 is 1.75. The highest BCUT2D eigenvalue weighted by Crippen LogP contribution is 2.25. The lowest BCUT2D eigenvalue weighted by Crippen LogP contribution is -2.11. The molecule has 0 saturated heterocycles. The molecule has 4 nitrogen and oxygen atoms in total. The highest BCUT2D eigenvalue weighted by Gasteiger charge is 2.11. The number of nitrogen functional groups attached to an aromatic ring is 1. The highest BCUT2D eigenvalue weighted by atomic mass is 32.1. The first-order valence-electron chi connectivity index (χ1n) is 6.16. The number of nitrogens with two attached hydrogens (primary N) is 1. The summed E-state index contributed by atoms with van der Waals surface area (Å²) in [5, 5.41) is 5.51. The van der Waals surface area contributed by atoms with Crippen LogP contribution in [0, 0.1) is 0 Å². The van der Waals surface area contributed by atoms with Gasteiger partial charge in [0, 0.05) is 17.4 Å². The summed E-state index contributed by atoms with van der Waals surface area (Å²) in [6.07, 6.45) is 1.79. The van der Waals surface area contributed by atoms with E-state index in [1.807, 2.05) is 6.92 Å². The third kappa shape index (κ3) is 2.98. The van der Waals surface area contributed by atoms with Gasteiger partial charge >= 0.3 is 0 Å². The fourth-order valence-electron chi connectivity index (χ4n) is 1.79. The Morgan fingerprint density at radius 3 is 2.83 bits per heavy atom. The number of thiophene rings is 1. The zero-order chi connectivity index (χ0) is 13.0. The number of hydrogen-bond acceptors (Lipinski definition) is 5. The Kier molecular flexibility index (Phi) is 4.15. The second-order valence-electron chi connectivity index (χ2n) is 4.07. The highest BCUT2D eigenvalue weighted by molar-refractivity contribution is 7.10. The third-order valence-electron chi connectivity index (χ3n) is 2.73. The molecule has 3 N–H and O–H groups in total. The molecule has 0 aliphatic rings. The van der Waals surface area contributed by atoms with E-state index in [9.17, 15) is 0 Å². The van der Waals surface area contributed by atoms with E-state index < -0.39 is 0 Å². The molecule has 0 aliphatic heterocycles.